The van der Waals surface area contributed by atoms with Gasteiger partial charge in [0.15, 0.2) is 0 Å². The molecule has 3 atom stereocenters. The summed E-state index contributed by atoms with van der Waals surface area (Å²) >= 11 is 0. The molecule has 3 unspecified atom stereocenters. The molecule has 0 radical (unpaired) electrons. The van der Waals surface area contributed by atoms with Crippen molar-refractivity contribution >= 4 is 6.03 Å². The Morgan fingerprint density at radius 1 is 1.08 bits per heavy atom. The van der Waals surface area contributed by atoms with E-state index in [2.05, 4.69) is 20.7 Å². The van der Waals surface area contributed by atoms with E-state index in [1.807, 2.05) is 0 Å². The number of rotatable bonds is 6. The second-order valence-corrected chi connectivity index (χ2v) is 8.49. The lowest BCUT2D eigenvalue weighted by Gasteiger charge is -2.33. The monoisotopic (exact) mass is 517 g/mol. The predicted octanol–water partition coefficient (Wildman–Crippen LogP) is 2.90. The molecular formula is C23H24F5N3O5. The SMILES string of the molecule is O=C(NCc1cc(OC(F)(F)F)ccc1F)NCc1cc(F)c(C2CCC(O)NC2O)c2c1OCC2. The molecule has 0 saturated carbocycles. The van der Waals surface area contributed by atoms with Gasteiger partial charge in [-0.15, -0.1) is 13.2 Å². The fourth-order valence-electron chi connectivity index (χ4n) is 4.46. The van der Waals surface area contributed by atoms with Gasteiger partial charge in [0.2, 0.25) is 0 Å². The highest BCUT2D eigenvalue weighted by atomic mass is 19.4. The van der Waals surface area contributed by atoms with Crippen LogP contribution in [0.1, 0.15) is 41.0 Å². The summed E-state index contributed by atoms with van der Waals surface area (Å²) in [6.45, 7) is -0.276. The summed E-state index contributed by atoms with van der Waals surface area (Å²) in [6.07, 6.45) is -5.85. The molecule has 4 rings (SSSR count). The fourth-order valence-corrected chi connectivity index (χ4v) is 4.46. The van der Waals surface area contributed by atoms with Gasteiger partial charge in [0.25, 0.3) is 0 Å². The molecule has 0 spiro atoms. The summed E-state index contributed by atoms with van der Waals surface area (Å²) in [5, 5.41) is 27.4. The molecule has 13 heteroatoms. The molecule has 2 aliphatic rings. The Kier molecular flexibility index (Phi) is 7.52. The Balaban J connectivity index is 1.41. The van der Waals surface area contributed by atoms with Crippen LogP contribution in [-0.2, 0) is 19.5 Å². The van der Waals surface area contributed by atoms with Crippen LogP contribution in [0, 0.1) is 11.6 Å². The van der Waals surface area contributed by atoms with E-state index in [1.54, 1.807) is 0 Å². The van der Waals surface area contributed by atoms with E-state index >= 15 is 4.39 Å². The molecule has 36 heavy (non-hydrogen) atoms. The third-order valence-corrected chi connectivity index (χ3v) is 6.04. The number of ether oxygens (including phenoxy) is 2. The average molecular weight is 517 g/mol. The van der Waals surface area contributed by atoms with Crippen LogP contribution in [0.3, 0.4) is 0 Å². The number of alkyl halides is 3. The number of amides is 2. The first-order valence-corrected chi connectivity index (χ1v) is 11.2. The third kappa shape index (κ3) is 5.97. The van der Waals surface area contributed by atoms with Gasteiger partial charge in [0.1, 0.15) is 35.6 Å². The summed E-state index contributed by atoms with van der Waals surface area (Å²) in [7, 11) is 0. The molecule has 5 N–H and O–H groups in total. The Morgan fingerprint density at radius 3 is 2.50 bits per heavy atom. The lowest BCUT2D eigenvalue weighted by atomic mass is 9.84. The molecule has 2 heterocycles. The topological polar surface area (TPSA) is 112 Å². The van der Waals surface area contributed by atoms with E-state index < -0.39 is 54.7 Å². The lowest BCUT2D eigenvalue weighted by molar-refractivity contribution is -0.274. The number of piperidine rings is 1. The van der Waals surface area contributed by atoms with Crippen molar-refractivity contribution in [3.8, 4) is 11.5 Å². The minimum Gasteiger partial charge on any atom is -0.493 e. The molecule has 1 fully saturated rings. The third-order valence-electron chi connectivity index (χ3n) is 6.04. The first kappa shape index (κ1) is 25.9. The minimum atomic E-state index is -4.94. The van der Waals surface area contributed by atoms with Crippen molar-refractivity contribution in [3.63, 3.8) is 0 Å². The Hall–Kier alpha value is -3.16. The maximum atomic E-state index is 15.1. The van der Waals surface area contributed by atoms with Crippen molar-refractivity contribution in [2.75, 3.05) is 6.61 Å². The summed E-state index contributed by atoms with van der Waals surface area (Å²) in [5.41, 5.74) is 1.01. The van der Waals surface area contributed by atoms with E-state index in [9.17, 15) is 32.6 Å². The maximum absolute atomic E-state index is 15.1. The predicted molar refractivity (Wildman–Crippen MR) is 115 cm³/mol. The zero-order valence-electron chi connectivity index (χ0n) is 18.8. The number of carbonyl (C=O) groups excluding carboxylic acids is 1. The molecule has 8 nitrogen and oxygen atoms in total. The number of aliphatic hydroxyl groups excluding tert-OH is 2. The number of urea groups is 1. The van der Waals surface area contributed by atoms with Gasteiger partial charge in [-0.1, -0.05) is 0 Å². The number of nitrogens with one attached hydrogen (secondary N) is 3. The van der Waals surface area contributed by atoms with E-state index in [0.717, 1.165) is 18.2 Å². The molecular weight excluding hydrogens is 493 g/mol. The van der Waals surface area contributed by atoms with Crippen molar-refractivity contribution in [2.24, 2.45) is 0 Å². The molecule has 0 aliphatic carbocycles. The van der Waals surface area contributed by atoms with E-state index in [4.69, 9.17) is 4.74 Å². The highest BCUT2D eigenvalue weighted by molar-refractivity contribution is 5.74. The second-order valence-electron chi connectivity index (χ2n) is 8.49. The zero-order chi connectivity index (χ0) is 26.0. The van der Waals surface area contributed by atoms with Crippen LogP contribution < -0.4 is 25.4 Å². The van der Waals surface area contributed by atoms with Crippen LogP contribution in [0.5, 0.6) is 11.5 Å². The lowest BCUT2D eigenvalue weighted by Crippen LogP contribution is -2.46. The fraction of sp³-hybridized carbons (Fsp3) is 0.435. The smallest absolute Gasteiger partial charge is 0.493 e. The van der Waals surface area contributed by atoms with E-state index in [0.29, 0.717) is 48.3 Å². The van der Waals surface area contributed by atoms with Crippen molar-refractivity contribution < 1.29 is 46.4 Å². The Bertz CT molecular complexity index is 1130. The zero-order valence-corrected chi connectivity index (χ0v) is 18.8. The van der Waals surface area contributed by atoms with Gasteiger partial charge in [-0.2, -0.15) is 0 Å². The maximum Gasteiger partial charge on any atom is 0.573 e. The van der Waals surface area contributed by atoms with Gasteiger partial charge < -0.3 is 30.3 Å². The number of fused-ring (bicyclic) bond motifs is 1. The van der Waals surface area contributed by atoms with E-state index in [-0.39, 0.29) is 12.1 Å². The number of carbonyl (C=O) groups is 1. The quantitative estimate of drug-likeness (QED) is 0.377. The van der Waals surface area contributed by atoms with Gasteiger partial charge >= 0.3 is 12.4 Å². The van der Waals surface area contributed by atoms with Gasteiger partial charge in [0, 0.05) is 47.7 Å². The summed E-state index contributed by atoms with van der Waals surface area (Å²) < 4.78 is 75.6. The first-order valence-electron chi connectivity index (χ1n) is 11.2. The highest BCUT2D eigenvalue weighted by Gasteiger charge is 2.35. The van der Waals surface area contributed by atoms with Crippen LogP contribution in [0.15, 0.2) is 24.3 Å². The molecule has 2 aliphatic heterocycles. The number of hydrogen-bond donors (Lipinski definition) is 5. The van der Waals surface area contributed by atoms with Crippen molar-refractivity contribution in [3.05, 3.63) is 58.2 Å². The molecule has 0 bridgehead atoms. The standard InChI is InChI=1S/C23H24F5N3O5/c24-16-3-1-13(36-23(26,27)28)7-11(16)9-29-22(34)30-10-12-8-17(25)19(14-5-6-35-20(12)14)15-2-4-18(32)31-21(15)33/h1,3,7-8,15,18,21,31-33H,2,4-6,9-10H2,(H2,29,30,34). The van der Waals surface area contributed by atoms with E-state index in [1.165, 1.54) is 6.07 Å². The normalized spacial score (nSPS) is 21.5. The van der Waals surface area contributed by atoms with Crippen LogP contribution in [0.25, 0.3) is 0 Å². The van der Waals surface area contributed by atoms with Crippen molar-refractivity contribution in [1.82, 2.24) is 16.0 Å². The Labute approximate surface area is 202 Å². The minimum absolute atomic E-state index is 0.144. The highest BCUT2D eigenvalue weighted by Crippen LogP contribution is 2.41. The Morgan fingerprint density at radius 2 is 1.81 bits per heavy atom. The summed E-state index contributed by atoms with van der Waals surface area (Å²) in [6, 6.07) is 2.87. The van der Waals surface area contributed by atoms with Crippen LogP contribution in [-0.4, -0.2) is 41.7 Å². The molecule has 196 valence electrons. The van der Waals surface area contributed by atoms with Gasteiger partial charge in [-0.05, 0) is 37.1 Å². The molecule has 0 aromatic heterocycles. The average Bonchev–Trinajstić information content (AvgIpc) is 3.27. The van der Waals surface area contributed by atoms with Gasteiger partial charge in [-0.3, -0.25) is 5.32 Å². The van der Waals surface area contributed by atoms with Crippen LogP contribution in [0.2, 0.25) is 0 Å². The van der Waals surface area contributed by atoms with Crippen LogP contribution >= 0.6 is 0 Å². The number of aliphatic hydroxyl groups is 2. The molecule has 2 aromatic carbocycles. The summed E-state index contributed by atoms with van der Waals surface area (Å²) in [4.78, 5) is 12.2. The number of halogens is 5. The second kappa shape index (κ2) is 10.4. The molecule has 1 saturated heterocycles. The molecule has 2 amide bonds. The number of hydrogen-bond acceptors (Lipinski definition) is 6. The summed E-state index contributed by atoms with van der Waals surface area (Å²) in [5.74, 6) is -2.23. The van der Waals surface area contributed by atoms with Gasteiger partial charge in [-0.25, -0.2) is 13.6 Å². The largest absolute Gasteiger partial charge is 0.573 e. The van der Waals surface area contributed by atoms with Crippen molar-refractivity contribution in [2.45, 2.75) is 57.1 Å². The first-order chi connectivity index (χ1) is 17.0. The molecule has 2 aromatic rings. The van der Waals surface area contributed by atoms with Crippen molar-refractivity contribution in [1.29, 1.82) is 0 Å². The van der Waals surface area contributed by atoms with Crippen LogP contribution in [0.4, 0.5) is 26.7 Å². The van der Waals surface area contributed by atoms with Gasteiger partial charge in [0.05, 0.1) is 6.61 Å². The number of benzene rings is 2.